The molecule has 2 atom stereocenters. The molecule has 0 aromatic heterocycles. The number of aryl methyl sites for hydroxylation is 2. The first kappa shape index (κ1) is 31.7. The van der Waals surface area contributed by atoms with Crippen molar-refractivity contribution in [3.8, 4) is 5.75 Å². The van der Waals surface area contributed by atoms with E-state index in [1.54, 1.807) is 0 Å². The topological polar surface area (TPSA) is 151 Å². The first-order valence-electron chi connectivity index (χ1n) is 11.9. The third kappa shape index (κ3) is 8.78. The zero-order valence-corrected chi connectivity index (χ0v) is 21.7. The molecule has 0 fully saturated rings. The summed E-state index contributed by atoms with van der Waals surface area (Å²) in [6.07, 6.45) is -0.566. The lowest BCUT2D eigenvalue weighted by molar-refractivity contribution is -0.141. The zero-order valence-electron chi connectivity index (χ0n) is 21.7. The number of Topliss-reactive ketones (excluding diaryl/α,β-unsaturated/α-hetero) is 1. The normalized spacial score (nSPS) is 12.2. The fourth-order valence-electron chi connectivity index (χ4n) is 3.33. The van der Waals surface area contributed by atoms with Crippen LogP contribution in [0.2, 0.25) is 0 Å². The molecule has 10 nitrogen and oxygen atoms in total. The Balaban J connectivity index is 1.93. The number of ether oxygens (including phenoxy) is 1. The summed E-state index contributed by atoms with van der Waals surface area (Å²) in [5, 5.41) is 15.6. The maximum Gasteiger partial charge on any atom is 0.309 e. The van der Waals surface area contributed by atoms with E-state index in [1.165, 1.54) is 0 Å². The highest BCUT2D eigenvalue weighted by molar-refractivity contribution is 6.35. The fraction of sp³-hybridized carbons (Fsp3) is 0.346. The summed E-state index contributed by atoms with van der Waals surface area (Å²) in [4.78, 5) is 60.3. The van der Waals surface area contributed by atoms with Crippen LogP contribution >= 0.6 is 0 Å². The summed E-state index contributed by atoms with van der Waals surface area (Å²) in [5.74, 6) is -15.1. The van der Waals surface area contributed by atoms with Crippen molar-refractivity contribution in [3.05, 3.63) is 64.2 Å². The molecule has 0 radical (unpaired) electrons. The summed E-state index contributed by atoms with van der Waals surface area (Å²) in [5.41, 5.74) is 3.10. The quantitative estimate of drug-likeness (QED) is 0.172. The molecule has 216 valence electrons. The van der Waals surface area contributed by atoms with E-state index in [0.29, 0.717) is 6.42 Å². The molecule has 0 aliphatic heterocycles. The molecule has 0 spiro atoms. The van der Waals surface area contributed by atoms with Gasteiger partial charge in [0.1, 0.15) is 18.7 Å². The Hall–Kier alpha value is -4.49. The highest BCUT2D eigenvalue weighted by Crippen LogP contribution is 2.26. The summed E-state index contributed by atoms with van der Waals surface area (Å²) in [7, 11) is 0. The first-order chi connectivity index (χ1) is 18.7. The van der Waals surface area contributed by atoms with Crippen molar-refractivity contribution in [2.24, 2.45) is 0 Å². The second kappa shape index (κ2) is 14.1. The maximum atomic E-state index is 13.7. The monoisotopic (exact) mass is 569 g/mol. The van der Waals surface area contributed by atoms with Gasteiger partial charge < -0.3 is 25.8 Å². The largest absolute Gasteiger partial charge is 0.481 e. The number of hydrogen-bond acceptors (Lipinski definition) is 6. The molecular formula is C26H27F4N3O7. The second-order valence-electron chi connectivity index (χ2n) is 8.83. The van der Waals surface area contributed by atoms with Crippen molar-refractivity contribution >= 4 is 29.5 Å². The maximum absolute atomic E-state index is 13.7. The summed E-state index contributed by atoms with van der Waals surface area (Å²) < 4.78 is 58.7. The smallest absolute Gasteiger partial charge is 0.309 e. The van der Waals surface area contributed by atoms with Gasteiger partial charge in [-0.25, -0.2) is 8.78 Å². The molecule has 3 amide bonds. The molecule has 2 rings (SSSR count). The van der Waals surface area contributed by atoms with Crippen LogP contribution in [0.5, 0.6) is 5.75 Å². The standard InChI is InChI=1S/C26H27F4N3O7/c1-12-4-5-15(8-13(12)2)6-7-31-25(38)26(39)32-14(3)24(37)33-18(10-20(35)36)19(34)11-40-23-21(29)16(27)9-17(28)22(23)30/h4-5,8-9,14,18H,6-7,10-11H2,1-3H3,(H,31,38)(H,32,39)(H,33,37)(H,35,36)/t14-,18-/m0/s1. The number of ketones is 1. The minimum absolute atomic E-state index is 0.0758. The molecule has 0 bridgehead atoms. The van der Waals surface area contributed by atoms with Crippen LogP contribution < -0.4 is 20.7 Å². The highest BCUT2D eigenvalue weighted by atomic mass is 19.2. The number of carbonyl (C=O) groups excluding carboxylic acids is 4. The predicted molar refractivity (Wildman–Crippen MR) is 131 cm³/mol. The molecule has 4 N–H and O–H groups in total. The molecule has 14 heteroatoms. The third-order valence-electron chi connectivity index (χ3n) is 5.73. The highest BCUT2D eigenvalue weighted by Gasteiger charge is 2.29. The molecule has 0 aliphatic rings. The number of rotatable bonds is 12. The van der Waals surface area contributed by atoms with E-state index in [9.17, 15) is 41.5 Å². The SMILES string of the molecule is Cc1ccc(CCNC(=O)C(=O)N[C@@H](C)C(=O)N[C@@H](CC(=O)O)C(=O)COc2c(F)c(F)cc(F)c2F)cc1C. The summed E-state index contributed by atoms with van der Waals surface area (Å²) >= 11 is 0. The van der Waals surface area contributed by atoms with E-state index in [0.717, 1.165) is 23.6 Å². The molecule has 0 heterocycles. The molecule has 2 aromatic carbocycles. The van der Waals surface area contributed by atoms with Crippen molar-refractivity contribution < 1.29 is 51.4 Å². The van der Waals surface area contributed by atoms with Crippen molar-refractivity contribution in [1.29, 1.82) is 0 Å². The van der Waals surface area contributed by atoms with Gasteiger partial charge in [0.2, 0.25) is 17.5 Å². The molecule has 0 saturated heterocycles. The van der Waals surface area contributed by atoms with Crippen molar-refractivity contribution in [2.75, 3.05) is 13.2 Å². The van der Waals surface area contributed by atoms with Crippen LogP contribution in [0.25, 0.3) is 0 Å². The molecular weight excluding hydrogens is 542 g/mol. The van der Waals surface area contributed by atoms with Gasteiger partial charge in [-0.1, -0.05) is 18.2 Å². The Morgan fingerprint density at radius 3 is 2.10 bits per heavy atom. The van der Waals surface area contributed by atoms with Gasteiger partial charge in [0, 0.05) is 12.6 Å². The number of halogens is 4. The zero-order chi connectivity index (χ0) is 30.1. The number of aliphatic carboxylic acids is 1. The minimum Gasteiger partial charge on any atom is -0.481 e. The Bertz CT molecular complexity index is 1290. The van der Waals surface area contributed by atoms with Crippen LogP contribution in [0.4, 0.5) is 17.6 Å². The fourth-order valence-corrected chi connectivity index (χ4v) is 3.33. The number of nitrogens with one attached hydrogen (secondary N) is 3. The Morgan fingerprint density at radius 2 is 1.52 bits per heavy atom. The van der Waals surface area contributed by atoms with E-state index in [-0.39, 0.29) is 12.6 Å². The lowest BCUT2D eigenvalue weighted by Crippen LogP contribution is -2.53. The average molecular weight is 570 g/mol. The molecule has 40 heavy (non-hydrogen) atoms. The minimum atomic E-state index is -1.92. The van der Waals surface area contributed by atoms with Gasteiger partial charge in [-0.15, -0.1) is 0 Å². The molecule has 2 aromatic rings. The lowest BCUT2D eigenvalue weighted by atomic mass is 10.0. The van der Waals surface area contributed by atoms with E-state index in [2.05, 4.69) is 15.4 Å². The number of hydrogen-bond donors (Lipinski definition) is 4. The average Bonchev–Trinajstić information content (AvgIpc) is 2.88. The number of benzene rings is 2. The number of amides is 3. The van der Waals surface area contributed by atoms with Crippen molar-refractivity contribution in [2.45, 2.75) is 45.7 Å². The first-order valence-corrected chi connectivity index (χ1v) is 11.9. The van der Waals surface area contributed by atoms with Crippen LogP contribution in [0.1, 0.15) is 30.0 Å². The Morgan fingerprint density at radius 1 is 0.900 bits per heavy atom. The summed E-state index contributed by atoms with van der Waals surface area (Å²) in [6, 6.07) is 2.43. The lowest BCUT2D eigenvalue weighted by Gasteiger charge is -2.20. The third-order valence-corrected chi connectivity index (χ3v) is 5.73. The molecule has 0 aliphatic carbocycles. The number of carboxylic acids is 1. The van der Waals surface area contributed by atoms with Crippen LogP contribution in [0.3, 0.4) is 0 Å². The van der Waals surface area contributed by atoms with E-state index in [1.807, 2.05) is 37.4 Å². The molecule has 0 unspecified atom stereocenters. The van der Waals surface area contributed by atoms with Crippen molar-refractivity contribution in [3.63, 3.8) is 0 Å². The van der Waals surface area contributed by atoms with Gasteiger partial charge in [0.25, 0.3) is 0 Å². The second-order valence-corrected chi connectivity index (χ2v) is 8.83. The van der Waals surface area contributed by atoms with Gasteiger partial charge in [-0.2, -0.15) is 8.78 Å². The van der Waals surface area contributed by atoms with E-state index in [4.69, 9.17) is 5.11 Å². The van der Waals surface area contributed by atoms with Gasteiger partial charge in [0.05, 0.1) is 6.42 Å². The Labute approximate surface area is 226 Å². The van der Waals surface area contributed by atoms with Crippen LogP contribution in [-0.2, 0) is 30.4 Å². The Kier molecular flexibility index (Phi) is 11.1. The van der Waals surface area contributed by atoms with Gasteiger partial charge in [-0.3, -0.25) is 24.0 Å². The number of carboxylic acid groups (broad SMARTS) is 1. The van der Waals surface area contributed by atoms with Crippen LogP contribution in [-0.4, -0.2) is 59.8 Å². The van der Waals surface area contributed by atoms with E-state index < -0.39 is 83.6 Å². The molecule has 0 saturated carbocycles. The van der Waals surface area contributed by atoms with Gasteiger partial charge in [0.15, 0.2) is 23.2 Å². The van der Waals surface area contributed by atoms with Gasteiger partial charge >= 0.3 is 17.8 Å². The van der Waals surface area contributed by atoms with Crippen molar-refractivity contribution in [1.82, 2.24) is 16.0 Å². The number of carbonyl (C=O) groups is 5. The summed E-state index contributed by atoms with van der Waals surface area (Å²) in [6.45, 7) is 3.89. The van der Waals surface area contributed by atoms with Crippen LogP contribution in [0.15, 0.2) is 24.3 Å². The van der Waals surface area contributed by atoms with Crippen LogP contribution in [0, 0.1) is 37.1 Å². The predicted octanol–water partition coefficient (Wildman–Crippen LogP) is 1.63. The van der Waals surface area contributed by atoms with Gasteiger partial charge in [-0.05, 0) is 43.9 Å². The van der Waals surface area contributed by atoms with E-state index >= 15 is 0 Å².